The van der Waals surface area contributed by atoms with Gasteiger partial charge in [0.2, 0.25) is 5.91 Å². The van der Waals surface area contributed by atoms with Gasteiger partial charge < -0.3 is 20.0 Å². The van der Waals surface area contributed by atoms with E-state index < -0.39 is 5.91 Å². The summed E-state index contributed by atoms with van der Waals surface area (Å²) >= 11 is 0. The first-order chi connectivity index (χ1) is 13.5. The van der Waals surface area contributed by atoms with Gasteiger partial charge in [0.05, 0.1) is 12.8 Å². The van der Waals surface area contributed by atoms with Gasteiger partial charge in [0, 0.05) is 24.0 Å². The largest absolute Gasteiger partial charge is 0.459 e. The van der Waals surface area contributed by atoms with Gasteiger partial charge in [0.15, 0.2) is 5.76 Å². The van der Waals surface area contributed by atoms with Gasteiger partial charge in [-0.05, 0) is 42.5 Å². The minimum atomic E-state index is -0.412. The number of benzene rings is 2. The van der Waals surface area contributed by atoms with Crippen LogP contribution in [0, 0.1) is 0 Å². The van der Waals surface area contributed by atoms with E-state index in [1.807, 2.05) is 18.2 Å². The van der Waals surface area contributed by atoms with Crippen LogP contribution in [0.4, 0.5) is 11.4 Å². The van der Waals surface area contributed by atoms with Crippen LogP contribution in [0.3, 0.4) is 0 Å². The molecule has 0 aliphatic heterocycles. The molecule has 0 aliphatic rings. The van der Waals surface area contributed by atoms with Crippen LogP contribution >= 0.6 is 0 Å². The zero-order chi connectivity index (χ0) is 19.9. The maximum Gasteiger partial charge on any atom is 0.291 e. The number of hydrogen-bond donors (Lipinski definition) is 2. The molecule has 7 nitrogen and oxygen atoms in total. The van der Waals surface area contributed by atoms with Crippen molar-refractivity contribution in [2.24, 2.45) is 0 Å². The number of furan rings is 1. The molecule has 28 heavy (non-hydrogen) atoms. The minimum Gasteiger partial charge on any atom is -0.459 e. The Morgan fingerprint density at radius 1 is 0.893 bits per heavy atom. The molecule has 1 aromatic heterocycles. The third-order valence-corrected chi connectivity index (χ3v) is 3.90. The minimum absolute atomic E-state index is 0.100. The fourth-order valence-corrected chi connectivity index (χ4v) is 2.56. The van der Waals surface area contributed by atoms with E-state index in [4.69, 9.17) is 4.42 Å². The number of nitrogens with zero attached hydrogens (tertiary/aromatic N) is 1. The summed E-state index contributed by atoms with van der Waals surface area (Å²) < 4.78 is 5.04. The smallest absolute Gasteiger partial charge is 0.291 e. The molecule has 0 unspecified atom stereocenters. The zero-order valence-corrected chi connectivity index (χ0v) is 15.2. The molecule has 2 N–H and O–H groups in total. The molecule has 7 heteroatoms. The summed E-state index contributed by atoms with van der Waals surface area (Å²) in [5.74, 6) is -0.877. The molecule has 0 bridgehead atoms. The topological polar surface area (TPSA) is 91.7 Å². The zero-order valence-electron chi connectivity index (χ0n) is 15.2. The highest BCUT2D eigenvalue weighted by molar-refractivity contribution is 6.04. The molecule has 3 amide bonds. The molecule has 0 radical (unpaired) electrons. The monoisotopic (exact) mass is 377 g/mol. The van der Waals surface area contributed by atoms with Gasteiger partial charge in [-0.15, -0.1) is 0 Å². The van der Waals surface area contributed by atoms with Gasteiger partial charge in [0.25, 0.3) is 11.8 Å². The first kappa shape index (κ1) is 18.9. The summed E-state index contributed by atoms with van der Waals surface area (Å²) in [7, 11) is 1.54. The van der Waals surface area contributed by atoms with E-state index in [1.165, 1.54) is 11.2 Å². The predicted octanol–water partition coefficient (Wildman–Crippen LogP) is 3.24. The lowest BCUT2D eigenvalue weighted by Gasteiger charge is -2.17. The van der Waals surface area contributed by atoms with Gasteiger partial charge in [-0.3, -0.25) is 14.4 Å². The summed E-state index contributed by atoms with van der Waals surface area (Å²) in [6, 6.07) is 18.7. The second kappa shape index (κ2) is 8.68. The number of amides is 3. The summed E-state index contributed by atoms with van der Waals surface area (Å²) in [5, 5.41) is 5.40. The average molecular weight is 377 g/mol. The second-order valence-electron chi connectivity index (χ2n) is 6.09. The first-order valence-corrected chi connectivity index (χ1v) is 8.58. The molecule has 2 aromatic carbocycles. The Morgan fingerprint density at radius 3 is 2.36 bits per heavy atom. The van der Waals surface area contributed by atoms with Crippen molar-refractivity contribution in [3.05, 3.63) is 84.3 Å². The van der Waals surface area contributed by atoms with Crippen molar-refractivity contribution in [3.8, 4) is 0 Å². The van der Waals surface area contributed by atoms with Crippen molar-refractivity contribution in [2.45, 2.75) is 0 Å². The highest BCUT2D eigenvalue weighted by atomic mass is 16.3. The fourth-order valence-electron chi connectivity index (χ4n) is 2.56. The van der Waals surface area contributed by atoms with Crippen LogP contribution in [-0.4, -0.2) is 36.2 Å². The molecule has 142 valence electrons. The van der Waals surface area contributed by atoms with Crippen molar-refractivity contribution >= 4 is 29.1 Å². The van der Waals surface area contributed by atoms with Crippen LogP contribution in [0.15, 0.2) is 77.4 Å². The first-order valence-electron chi connectivity index (χ1n) is 8.58. The van der Waals surface area contributed by atoms with Gasteiger partial charge >= 0.3 is 0 Å². The Hall–Kier alpha value is -3.87. The van der Waals surface area contributed by atoms with E-state index in [9.17, 15) is 14.4 Å². The van der Waals surface area contributed by atoms with E-state index in [0.717, 1.165) is 0 Å². The van der Waals surface area contributed by atoms with Crippen LogP contribution in [0.5, 0.6) is 0 Å². The van der Waals surface area contributed by atoms with Crippen molar-refractivity contribution in [1.29, 1.82) is 0 Å². The molecule has 0 atom stereocenters. The van der Waals surface area contributed by atoms with Gasteiger partial charge in [-0.25, -0.2) is 0 Å². The van der Waals surface area contributed by atoms with Crippen molar-refractivity contribution in [1.82, 2.24) is 4.90 Å². The lowest BCUT2D eigenvalue weighted by Crippen LogP contribution is -2.35. The molecule has 3 aromatic rings. The lowest BCUT2D eigenvalue weighted by molar-refractivity contribution is -0.116. The molecule has 1 heterocycles. The summed E-state index contributed by atoms with van der Waals surface area (Å²) in [4.78, 5) is 38.1. The Bertz CT molecular complexity index is 968. The van der Waals surface area contributed by atoms with Crippen molar-refractivity contribution < 1.29 is 18.8 Å². The fraction of sp³-hybridized carbons (Fsp3) is 0.0952. The molecular weight excluding hydrogens is 358 g/mol. The van der Waals surface area contributed by atoms with E-state index >= 15 is 0 Å². The lowest BCUT2D eigenvalue weighted by atomic mass is 10.1. The Labute approximate surface area is 162 Å². The molecule has 0 spiro atoms. The number of carbonyl (C=O) groups is 3. The Morgan fingerprint density at radius 2 is 1.64 bits per heavy atom. The van der Waals surface area contributed by atoms with E-state index in [2.05, 4.69) is 10.6 Å². The standard InChI is InChI=1S/C21H19N3O4/c1-24(14-19(25)22-16-8-3-2-4-9-16)21(27)15-7-5-10-17(13-15)23-20(26)18-11-6-12-28-18/h2-13H,14H2,1H3,(H,22,25)(H,23,26). The molecule has 0 saturated carbocycles. The van der Waals surface area contributed by atoms with Crippen LogP contribution in [0.2, 0.25) is 0 Å². The van der Waals surface area contributed by atoms with Gasteiger partial charge in [0.1, 0.15) is 0 Å². The van der Waals surface area contributed by atoms with Crippen LogP contribution in [0.25, 0.3) is 0 Å². The van der Waals surface area contributed by atoms with Crippen LogP contribution < -0.4 is 10.6 Å². The van der Waals surface area contributed by atoms with E-state index in [1.54, 1.807) is 55.6 Å². The number of likely N-dealkylation sites (N-methyl/N-ethyl adjacent to an activating group) is 1. The van der Waals surface area contributed by atoms with E-state index in [-0.39, 0.29) is 24.1 Å². The highest BCUT2D eigenvalue weighted by Gasteiger charge is 2.16. The SMILES string of the molecule is CN(CC(=O)Nc1ccccc1)C(=O)c1cccc(NC(=O)c2ccco2)c1. The van der Waals surface area contributed by atoms with Crippen LogP contribution in [0.1, 0.15) is 20.9 Å². The number of hydrogen-bond acceptors (Lipinski definition) is 4. The maximum absolute atomic E-state index is 12.6. The number of carbonyl (C=O) groups excluding carboxylic acids is 3. The van der Waals surface area contributed by atoms with E-state index in [0.29, 0.717) is 16.9 Å². The second-order valence-corrected chi connectivity index (χ2v) is 6.09. The molecule has 0 saturated heterocycles. The van der Waals surface area contributed by atoms with Gasteiger partial charge in [-0.1, -0.05) is 24.3 Å². The molecule has 0 aliphatic carbocycles. The number of rotatable bonds is 6. The normalized spacial score (nSPS) is 10.2. The number of anilines is 2. The Kier molecular flexibility index (Phi) is 5.86. The summed E-state index contributed by atoms with van der Waals surface area (Å²) in [6.45, 7) is -0.100. The maximum atomic E-state index is 12.6. The third-order valence-electron chi connectivity index (χ3n) is 3.90. The number of para-hydroxylation sites is 1. The summed E-state index contributed by atoms with van der Waals surface area (Å²) in [5.41, 5.74) is 1.47. The third kappa shape index (κ3) is 4.85. The number of nitrogens with one attached hydrogen (secondary N) is 2. The van der Waals surface area contributed by atoms with Crippen molar-refractivity contribution in [2.75, 3.05) is 24.2 Å². The summed E-state index contributed by atoms with van der Waals surface area (Å²) in [6.07, 6.45) is 1.41. The van der Waals surface area contributed by atoms with Gasteiger partial charge in [-0.2, -0.15) is 0 Å². The molecule has 3 rings (SSSR count). The van der Waals surface area contributed by atoms with Crippen LogP contribution in [-0.2, 0) is 4.79 Å². The molecule has 0 fully saturated rings. The Balaban J connectivity index is 1.61. The molecular formula is C21H19N3O4. The quantitative estimate of drug-likeness (QED) is 0.690. The predicted molar refractivity (Wildman–Crippen MR) is 105 cm³/mol. The highest BCUT2D eigenvalue weighted by Crippen LogP contribution is 2.14. The average Bonchev–Trinajstić information content (AvgIpc) is 3.23. The van der Waals surface area contributed by atoms with Crippen molar-refractivity contribution in [3.63, 3.8) is 0 Å².